The van der Waals surface area contributed by atoms with Crippen molar-refractivity contribution in [2.24, 2.45) is 5.73 Å². The molecule has 29 heavy (non-hydrogen) atoms. The fraction of sp³-hybridized carbons (Fsp3) is 0.368. The second-order valence-corrected chi connectivity index (χ2v) is 6.65. The number of nitrogens with one attached hydrogen (secondary N) is 3. The lowest BCUT2D eigenvalue weighted by Gasteiger charge is -2.16. The number of ether oxygens (including phenoxy) is 1. The quantitative estimate of drug-likeness (QED) is 0.181. The molecule has 0 aliphatic heterocycles. The van der Waals surface area contributed by atoms with Crippen LogP contribution in [0.5, 0.6) is 0 Å². The van der Waals surface area contributed by atoms with Crippen LogP contribution >= 0.6 is 11.6 Å². The molecular weight excluding hydrogens is 400 g/mol. The minimum atomic E-state index is -0.632. The summed E-state index contributed by atoms with van der Waals surface area (Å²) in [6, 6.07) is 3.25. The zero-order chi connectivity index (χ0) is 21.6. The molecule has 1 aromatic carbocycles. The van der Waals surface area contributed by atoms with Crippen LogP contribution in [0.2, 0.25) is 5.02 Å². The summed E-state index contributed by atoms with van der Waals surface area (Å²) in [6.45, 7) is 1.03. The molecule has 0 atom stereocenters. The number of aliphatic hydroxyl groups excluding tert-OH is 3. The van der Waals surface area contributed by atoms with Crippen LogP contribution in [-0.2, 0) is 31.1 Å². The Labute approximate surface area is 173 Å². The summed E-state index contributed by atoms with van der Waals surface area (Å²) >= 11 is 6.51. The number of hydrogen-bond donors (Lipinski definition) is 7. The zero-order valence-corrected chi connectivity index (χ0v) is 16.8. The van der Waals surface area contributed by atoms with Crippen molar-refractivity contribution in [3.63, 3.8) is 0 Å². The van der Waals surface area contributed by atoms with Gasteiger partial charge in [-0.05, 0) is 28.7 Å². The molecular formula is C19H25ClN4O5. The highest BCUT2D eigenvalue weighted by molar-refractivity contribution is 6.36. The van der Waals surface area contributed by atoms with Gasteiger partial charge in [0.2, 0.25) is 0 Å². The van der Waals surface area contributed by atoms with Crippen LogP contribution in [0.25, 0.3) is 11.1 Å². The number of aromatic nitrogens is 1. The molecule has 0 unspecified atom stereocenters. The first-order valence-electron chi connectivity index (χ1n) is 9.01. The summed E-state index contributed by atoms with van der Waals surface area (Å²) in [5.41, 5.74) is 7.97. The van der Waals surface area contributed by atoms with Gasteiger partial charge in [0.05, 0.1) is 38.0 Å². The molecule has 0 aliphatic carbocycles. The van der Waals surface area contributed by atoms with Gasteiger partial charge in [0.15, 0.2) is 5.96 Å². The number of esters is 1. The van der Waals surface area contributed by atoms with Crippen molar-refractivity contribution in [1.82, 2.24) is 10.3 Å². The summed E-state index contributed by atoms with van der Waals surface area (Å²) in [7, 11) is 0. The molecule has 0 saturated heterocycles. The molecule has 0 radical (unpaired) electrons. The molecule has 0 fully saturated rings. The predicted molar refractivity (Wildman–Crippen MR) is 108 cm³/mol. The highest BCUT2D eigenvalue weighted by Gasteiger charge is 2.25. The van der Waals surface area contributed by atoms with Crippen molar-refractivity contribution >= 4 is 23.5 Å². The van der Waals surface area contributed by atoms with E-state index in [0.29, 0.717) is 39.9 Å². The van der Waals surface area contributed by atoms with Crippen LogP contribution < -0.4 is 11.1 Å². The monoisotopic (exact) mass is 424 g/mol. The molecule has 0 aliphatic rings. The molecule has 0 spiro atoms. The van der Waals surface area contributed by atoms with Crippen LogP contribution in [0.4, 0.5) is 0 Å². The Morgan fingerprint density at radius 3 is 2.48 bits per heavy atom. The van der Waals surface area contributed by atoms with Crippen LogP contribution in [0, 0.1) is 5.41 Å². The predicted octanol–water partition coefficient (Wildman–Crippen LogP) is 1.36. The summed E-state index contributed by atoms with van der Waals surface area (Å²) in [5.74, 6) is -0.905. The molecule has 0 saturated carbocycles. The maximum atomic E-state index is 12.4. The molecule has 1 heterocycles. The van der Waals surface area contributed by atoms with Gasteiger partial charge in [0, 0.05) is 11.3 Å². The number of guanidine groups is 1. The van der Waals surface area contributed by atoms with E-state index in [2.05, 4.69) is 10.3 Å². The van der Waals surface area contributed by atoms with Gasteiger partial charge < -0.3 is 36.1 Å². The van der Waals surface area contributed by atoms with Crippen molar-refractivity contribution in [1.29, 1.82) is 5.41 Å². The van der Waals surface area contributed by atoms with E-state index in [0.717, 1.165) is 0 Å². The lowest BCUT2D eigenvalue weighted by atomic mass is 9.92. The van der Waals surface area contributed by atoms with Gasteiger partial charge in [-0.15, -0.1) is 0 Å². The number of carbonyl (C=O) groups excluding carboxylic acids is 1. The third kappa shape index (κ3) is 4.88. The van der Waals surface area contributed by atoms with Crippen molar-refractivity contribution < 1.29 is 24.9 Å². The van der Waals surface area contributed by atoms with E-state index >= 15 is 0 Å². The van der Waals surface area contributed by atoms with Crippen molar-refractivity contribution in [2.45, 2.75) is 39.7 Å². The molecule has 10 heteroatoms. The van der Waals surface area contributed by atoms with E-state index in [-0.39, 0.29) is 36.4 Å². The van der Waals surface area contributed by atoms with Gasteiger partial charge >= 0.3 is 5.97 Å². The van der Waals surface area contributed by atoms with E-state index < -0.39 is 19.2 Å². The van der Waals surface area contributed by atoms with Crippen molar-refractivity contribution in [3.05, 3.63) is 45.2 Å². The normalized spacial score (nSPS) is 10.8. The number of aliphatic hydroxyl groups is 3. The summed E-state index contributed by atoms with van der Waals surface area (Å²) < 4.78 is 5.16. The van der Waals surface area contributed by atoms with E-state index in [1.54, 1.807) is 12.1 Å². The number of nitrogens with two attached hydrogens (primary N) is 1. The maximum absolute atomic E-state index is 12.4. The van der Waals surface area contributed by atoms with E-state index in [9.17, 15) is 20.1 Å². The molecule has 2 rings (SSSR count). The van der Waals surface area contributed by atoms with Gasteiger partial charge in [-0.25, -0.2) is 4.79 Å². The smallest absolute Gasteiger partial charge is 0.356 e. The van der Waals surface area contributed by atoms with E-state index in [4.69, 9.17) is 27.5 Å². The molecule has 0 bridgehead atoms. The third-order valence-electron chi connectivity index (χ3n) is 4.40. The van der Waals surface area contributed by atoms with Crippen LogP contribution in [0.1, 0.15) is 46.2 Å². The first-order chi connectivity index (χ1) is 13.9. The van der Waals surface area contributed by atoms with Crippen molar-refractivity contribution in [3.8, 4) is 11.1 Å². The SMILES string of the molecule is CCCOC(=O)c1[nH]c(CNC(=N)N)c(-c2ccc(CO)c(CO)c2CO)c1Cl. The highest BCUT2D eigenvalue weighted by atomic mass is 35.5. The second kappa shape index (κ2) is 10.3. The minimum absolute atomic E-state index is 0.0381. The topological polar surface area (TPSA) is 165 Å². The Balaban J connectivity index is 2.68. The summed E-state index contributed by atoms with van der Waals surface area (Å²) in [4.78, 5) is 15.3. The minimum Gasteiger partial charge on any atom is -0.461 e. The average molecular weight is 425 g/mol. The van der Waals surface area contributed by atoms with E-state index in [1.807, 2.05) is 6.92 Å². The Bertz CT molecular complexity index is 897. The van der Waals surface area contributed by atoms with Crippen molar-refractivity contribution in [2.75, 3.05) is 6.61 Å². The molecule has 0 amide bonds. The van der Waals surface area contributed by atoms with Crippen LogP contribution in [0.15, 0.2) is 12.1 Å². The average Bonchev–Trinajstić information content (AvgIpc) is 3.05. The Kier molecular flexibility index (Phi) is 8.03. The first-order valence-corrected chi connectivity index (χ1v) is 9.39. The van der Waals surface area contributed by atoms with Gasteiger partial charge in [0.1, 0.15) is 5.69 Å². The van der Waals surface area contributed by atoms with E-state index in [1.165, 1.54) is 0 Å². The number of aromatic amines is 1. The Morgan fingerprint density at radius 1 is 1.24 bits per heavy atom. The molecule has 9 nitrogen and oxygen atoms in total. The standard InChI is InChI=1S/C19H25ClN4O5/c1-2-5-29-18(28)17-16(20)15(14(24-17)6-23-19(21)22)11-4-3-10(7-25)12(8-26)13(11)9-27/h3-4,24-27H,2,5-9H2,1H3,(H4,21,22,23). The number of H-pyrrole nitrogens is 1. The number of rotatable bonds is 9. The summed E-state index contributed by atoms with van der Waals surface area (Å²) in [6.07, 6.45) is 0.646. The Morgan fingerprint density at radius 2 is 1.93 bits per heavy atom. The third-order valence-corrected chi connectivity index (χ3v) is 4.78. The lowest BCUT2D eigenvalue weighted by molar-refractivity contribution is 0.0499. The second-order valence-electron chi connectivity index (χ2n) is 6.27. The highest BCUT2D eigenvalue weighted by Crippen LogP contribution is 2.38. The summed E-state index contributed by atoms with van der Waals surface area (Å²) in [5, 5.41) is 39.3. The maximum Gasteiger partial charge on any atom is 0.356 e. The van der Waals surface area contributed by atoms with Gasteiger partial charge in [-0.3, -0.25) is 5.41 Å². The largest absolute Gasteiger partial charge is 0.461 e. The van der Waals surface area contributed by atoms with Crippen LogP contribution in [0.3, 0.4) is 0 Å². The fourth-order valence-corrected chi connectivity index (χ4v) is 3.37. The molecule has 158 valence electrons. The molecule has 1 aromatic heterocycles. The zero-order valence-electron chi connectivity index (χ0n) is 16.0. The Hall–Kier alpha value is -2.59. The number of hydrogen-bond acceptors (Lipinski definition) is 6. The molecule has 2 aromatic rings. The fourth-order valence-electron chi connectivity index (χ4n) is 3.03. The number of halogens is 1. The molecule has 8 N–H and O–H groups in total. The van der Waals surface area contributed by atoms with Gasteiger partial charge in [-0.2, -0.15) is 0 Å². The van der Waals surface area contributed by atoms with Gasteiger partial charge in [0.25, 0.3) is 0 Å². The lowest BCUT2D eigenvalue weighted by Crippen LogP contribution is -2.29. The first kappa shape index (κ1) is 22.7. The number of carbonyl (C=O) groups is 1. The van der Waals surface area contributed by atoms with Gasteiger partial charge in [-0.1, -0.05) is 30.7 Å². The van der Waals surface area contributed by atoms with Crippen LogP contribution in [-0.4, -0.2) is 38.8 Å². The number of benzene rings is 1.